The van der Waals surface area contributed by atoms with E-state index in [1.54, 1.807) is 13.4 Å². The molecule has 2 aliphatic heterocycles. The van der Waals surface area contributed by atoms with Crippen molar-refractivity contribution in [3.8, 4) is 11.5 Å². The molecule has 1 fully saturated rings. The molecule has 146 valence electrons. The van der Waals surface area contributed by atoms with Crippen LogP contribution in [0.2, 0.25) is 0 Å². The molecule has 0 saturated carbocycles. The molecule has 0 aliphatic carbocycles. The average Bonchev–Trinajstić information content (AvgIpc) is 3.33. The van der Waals surface area contributed by atoms with Gasteiger partial charge in [-0.15, -0.1) is 0 Å². The van der Waals surface area contributed by atoms with E-state index in [2.05, 4.69) is 35.3 Å². The van der Waals surface area contributed by atoms with Crippen molar-refractivity contribution in [3.63, 3.8) is 0 Å². The van der Waals surface area contributed by atoms with E-state index in [0.29, 0.717) is 0 Å². The Bertz CT molecular complexity index is 738. The highest BCUT2D eigenvalue weighted by atomic mass is 16.5. The van der Waals surface area contributed by atoms with E-state index in [1.165, 1.54) is 24.8 Å². The quantitative estimate of drug-likeness (QED) is 0.800. The first-order valence-electron chi connectivity index (χ1n) is 10.1. The number of rotatable bonds is 7. The predicted octanol–water partition coefficient (Wildman–Crippen LogP) is 3.93. The van der Waals surface area contributed by atoms with Crippen molar-refractivity contribution in [2.45, 2.75) is 51.3 Å². The van der Waals surface area contributed by atoms with Crippen molar-refractivity contribution >= 4 is 0 Å². The lowest BCUT2D eigenvalue weighted by Crippen LogP contribution is -2.38. The SMILES string of the molecule is COc1cc2c(cc1CNC[C@@H](c1ccco1)N1CCCCC1)O[C@@H](C)C2. The minimum Gasteiger partial charge on any atom is -0.496 e. The van der Waals surface area contributed by atoms with Gasteiger partial charge in [0.05, 0.1) is 19.4 Å². The third-order valence-electron chi connectivity index (χ3n) is 5.66. The van der Waals surface area contributed by atoms with Gasteiger partial charge in [0, 0.05) is 30.6 Å². The Hall–Kier alpha value is -1.98. The van der Waals surface area contributed by atoms with Gasteiger partial charge in [-0.1, -0.05) is 6.42 Å². The van der Waals surface area contributed by atoms with Crippen molar-refractivity contribution in [3.05, 3.63) is 47.4 Å². The number of fused-ring (bicyclic) bond motifs is 1. The molecule has 27 heavy (non-hydrogen) atoms. The van der Waals surface area contributed by atoms with E-state index in [0.717, 1.165) is 55.4 Å². The summed E-state index contributed by atoms with van der Waals surface area (Å²) in [4.78, 5) is 2.54. The Balaban J connectivity index is 1.44. The monoisotopic (exact) mass is 370 g/mol. The molecule has 5 heteroatoms. The molecule has 1 N–H and O–H groups in total. The van der Waals surface area contributed by atoms with Crippen molar-refractivity contribution in [2.24, 2.45) is 0 Å². The number of likely N-dealkylation sites (tertiary alicyclic amines) is 1. The van der Waals surface area contributed by atoms with Crippen LogP contribution in [0.5, 0.6) is 11.5 Å². The highest BCUT2D eigenvalue weighted by molar-refractivity contribution is 5.48. The summed E-state index contributed by atoms with van der Waals surface area (Å²) in [7, 11) is 1.74. The largest absolute Gasteiger partial charge is 0.496 e. The van der Waals surface area contributed by atoms with Gasteiger partial charge in [0.25, 0.3) is 0 Å². The number of piperidine rings is 1. The second kappa shape index (κ2) is 8.36. The zero-order chi connectivity index (χ0) is 18.6. The lowest BCUT2D eigenvalue weighted by molar-refractivity contribution is 0.142. The highest BCUT2D eigenvalue weighted by Gasteiger charge is 2.25. The van der Waals surface area contributed by atoms with Crippen LogP contribution < -0.4 is 14.8 Å². The molecule has 1 aromatic heterocycles. The van der Waals surface area contributed by atoms with Gasteiger partial charge in [0.1, 0.15) is 23.4 Å². The van der Waals surface area contributed by atoms with Crippen LogP contribution in [0.15, 0.2) is 34.9 Å². The van der Waals surface area contributed by atoms with Crippen LogP contribution in [0.3, 0.4) is 0 Å². The van der Waals surface area contributed by atoms with Crippen LogP contribution in [0.25, 0.3) is 0 Å². The molecule has 3 heterocycles. The van der Waals surface area contributed by atoms with Crippen molar-refractivity contribution in [1.82, 2.24) is 10.2 Å². The smallest absolute Gasteiger partial charge is 0.123 e. The molecule has 2 aromatic rings. The Morgan fingerprint density at radius 2 is 2.11 bits per heavy atom. The highest BCUT2D eigenvalue weighted by Crippen LogP contribution is 2.35. The zero-order valence-corrected chi connectivity index (χ0v) is 16.4. The molecular formula is C22H30N2O3. The van der Waals surface area contributed by atoms with E-state index in [9.17, 15) is 0 Å². The Morgan fingerprint density at radius 1 is 1.26 bits per heavy atom. The number of nitrogens with one attached hydrogen (secondary N) is 1. The summed E-state index contributed by atoms with van der Waals surface area (Å²) in [6.07, 6.45) is 6.84. The normalized spacial score (nSPS) is 20.9. The van der Waals surface area contributed by atoms with Crippen molar-refractivity contribution in [2.75, 3.05) is 26.7 Å². The minimum absolute atomic E-state index is 0.246. The molecule has 2 aliphatic rings. The first kappa shape index (κ1) is 18.4. The van der Waals surface area contributed by atoms with Gasteiger partial charge in [-0.05, 0) is 57.1 Å². The van der Waals surface area contributed by atoms with Crippen molar-refractivity contribution in [1.29, 1.82) is 0 Å². The van der Waals surface area contributed by atoms with E-state index < -0.39 is 0 Å². The number of ether oxygens (including phenoxy) is 2. The molecule has 2 atom stereocenters. The maximum atomic E-state index is 5.92. The number of hydrogen-bond acceptors (Lipinski definition) is 5. The van der Waals surface area contributed by atoms with Gasteiger partial charge in [-0.25, -0.2) is 0 Å². The third kappa shape index (κ3) is 4.14. The number of furan rings is 1. The Morgan fingerprint density at radius 3 is 2.85 bits per heavy atom. The summed E-state index contributed by atoms with van der Waals surface area (Å²) >= 11 is 0. The van der Waals surface area contributed by atoms with Gasteiger partial charge in [-0.2, -0.15) is 0 Å². The molecule has 1 saturated heterocycles. The molecule has 0 amide bonds. The summed E-state index contributed by atoms with van der Waals surface area (Å²) in [5.74, 6) is 2.98. The summed E-state index contributed by atoms with van der Waals surface area (Å²) in [6, 6.07) is 8.61. The van der Waals surface area contributed by atoms with Gasteiger partial charge in [0.15, 0.2) is 0 Å². The third-order valence-corrected chi connectivity index (χ3v) is 5.66. The fourth-order valence-corrected chi connectivity index (χ4v) is 4.27. The van der Waals surface area contributed by atoms with Gasteiger partial charge < -0.3 is 19.2 Å². The summed E-state index contributed by atoms with van der Waals surface area (Å²) < 4.78 is 17.3. The first-order valence-corrected chi connectivity index (χ1v) is 10.1. The van der Waals surface area contributed by atoms with Crippen molar-refractivity contribution < 1.29 is 13.9 Å². The Labute approximate surface area is 161 Å². The molecular weight excluding hydrogens is 340 g/mol. The van der Waals surface area contributed by atoms with E-state index in [1.807, 2.05) is 6.07 Å². The first-order chi connectivity index (χ1) is 13.2. The maximum absolute atomic E-state index is 5.92. The van der Waals surface area contributed by atoms with Crippen LogP contribution in [0, 0.1) is 0 Å². The van der Waals surface area contributed by atoms with Crippen LogP contribution >= 0.6 is 0 Å². The fourth-order valence-electron chi connectivity index (χ4n) is 4.27. The second-order valence-corrected chi connectivity index (χ2v) is 7.66. The molecule has 5 nitrogen and oxygen atoms in total. The number of hydrogen-bond donors (Lipinski definition) is 1. The fraction of sp³-hybridized carbons (Fsp3) is 0.545. The Kier molecular flexibility index (Phi) is 5.69. The molecule has 0 spiro atoms. The van der Waals surface area contributed by atoms with Gasteiger partial charge >= 0.3 is 0 Å². The van der Waals surface area contributed by atoms with E-state index >= 15 is 0 Å². The number of nitrogens with zero attached hydrogens (tertiary/aromatic N) is 1. The van der Waals surface area contributed by atoms with Gasteiger partial charge in [-0.3, -0.25) is 4.90 Å². The van der Waals surface area contributed by atoms with Crippen LogP contribution in [-0.4, -0.2) is 37.7 Å². The number of benzene rings is 1. The molecule has 0 bridgehead atoms. The topological polar surface area (TPSA) is 46.9 Å². The van der Waals surface area contributed by atoms with Crippen LogP contribution in [-0.2, 0) is 13.0 Å². The maximum Gasteiger partial charge on any atom is 0.123 e. The summed E-state index contributed by atoms with van der Waals surface area (Å²) in [5.41, 5.74) is 2.38. The molecule has 1 aromatic carbocycles. The lowest BCUT2D eigenvalue weighted by Gasteiger charge is -2.33. The molecule has 0 radical (unpaired) electrons. The predicted molar refractivity (Wildman–Crippen MR) is 105 cm³/mol. The lowest BCUT2D eigenvalue weighted by atomic mass is 10.1. The van der Waals surface area contributed by atoms with Gasteiger partial charge in [0.2, 0.25) is 0 Å². The molecule has 0 unspecified atom stereocenters. The summed E-state index contributed by atoms with van der Waals surface area (Å²) in [6.45, 7) is 5.99. The average molecular weight is 370 g/mol. The van der Waals surface area contributed by atoms with E-state index in [4.69, 9.17) is 13.9 Å². The van der Waals surface area contributed by atoms with Crippen LogP contribution in [0.4, 0.5) is 0 Å². The standard InChI is InChI=1S/C22H30N2O3/c1-16-11-17-12-21(25-2)18(13-22(17)27-16)14-23-15-19(20-7-6-10-26-20)24-8-4-3-5-9-24/h6-7,10,12-13,16,19,23H,3-5,8-9,11,14-15H2,1-2H3/t16-,19-/m0/s1. The summed E-state index contributed by atoms with van der Waals surface area (Å²) in [5, 5.41) is 3.63. The van der Waals surface area contributed by atoms with E-state index in [-0.39, 0.29) is 12.1 Å². The second-order valence-electron chi connectivity index (χ2n) is 7.66. The minimum atomic E-state index is 0.246. The number of methoxy groups -OCH3 is 1. The van der Waals surface area contributed by atoms with Crippen LogP contribution in [0.1, 0.15) is 49.1 Å². The zero-order valence-electron chi connectivity index (χ0n) is 16.4. The molecule has 4 rings (SSSR count).